The molecule has 1 heterocycles. The molecule has 1 fully saturated rings. The molecule has 2 N–H and O–H groups in total. The molecule has 0 saturated carbocycles. The minimum Gasteiger partial charge on any atom is -0.377 e. The van der Waals surface area contributed by atoms with Crippen molar-refractivity contribution in [3.63, 3.8) is 0 Å². The molecule has 1 aliphatic rings. The van der Waals surface area contributed by atoms with Gasteiger partial charge in [0.2, 0.25) is 0 Å². The number of nitrogens with two attached hydrogens (primary N) is 1. The highest BCUT2D eigenvalue weighted by atomic mass is 35.5. The first-order valence-corrected chi connectivity index (χ1v) is 7.39. The summed E-state index contributed by atoms with van der Waals surface area (Å²) in [6, 6.07) is 6.04. The topological polar surface area (TPSA) is 35.2 Å². The van der Waals surface area contributed by atoms with E-state index in [0.29, 0.717) is 12.6 Å². The van der Waals surface area contributed by atoms with Gasteiger partial charge < -0.3 is 10.5 Å². The standard InChI is InChI=1S/C13H18ClNOS/c14-12-5-1-3-10(6-7-15)13(12)17-9-11-4-2-8-16-11/h1,3,5,11H,2,4,6-9,15H2. The summed E-state index contributed by atoms with van der Waals surface area (Å²) in [7, 11) is 0. The number of ether oxygens (including phenoxy) is 1. The summed E-state index contributed by atoms with van der Waals surface area (Å²) in [5, 5.41) is 0.832. The minimum atomic E-state index is 0.391. The summed E-state index contributed by atoms with van der Waals surface area (Å²) in [5.41, 5.74) is 6.87. The van der Waals surface area contributed by atoms with Crippen molar-refractivity contribution in [2.45, 2.75) is 30.3 Å². The van der Waals surface area contributed by atoms with Gasteiger partial charge in [-0.25, -0.2) is 0 Å². The average Bonchev–Trinajstić information content (AvgIpc) is 2.82. The van der Waals surface area contributed by atoms with Gasteiger partial charge in [-0.05, 0) is 37.4 Å². The second kappa shape index (κ2) is 6.64. The zero-order valence-electron chi connectivity index (χ0n) is 9.82. The van der Waals surface area contributed by atoms with E-state index < -0.39 is 0 Å². The lowest BCUT2D eigenvalue weighted by atomic mass is 10.1. The quantitative estimate of drug-likeness (QED) is 0.836. The predicted molar refractivity (Wildman–Crippen MR) is 73.9 cm³/mol. The van der Waals surface area contributed by atoms with Crippen molar-refractivity contribution in [3.8, 4) is 0 Å². The van der Waals surface area contributed by atoms with Crippen molar-refractivity contribution in [2.75, 3.05) is 18.9 Å². The van der Waals surface area contributed by atoms with Crippen molar-refractivity contribution in [3.05, 3.63) is 28.8 Å². The first-order chi connectivity index (χ1) is 8.31. The van der Waals surface area contributed by atoms with Crippen LogP contribution in [0.1, 0.15) is 18.4 Å². The van der Waals surface area contributed by atoms with Crippen LogP contribution >= 0.6 is 23.4 Å². The fourth-order valence-electron chi connectivity index (χ4n) is 2.02. The van der Waals surface area contributed by atoms with Crippen molar-refractivity contribution in [1.82, 2.24) is 0 Å². The molecule has 0 bridgehead atoms. The molecule has 4 heteroatoms. The van der Waals surface area contributed by atoms with Crippen LogP contribution in [0.25, 0.3) is 0 Å². The van der Waals surface area contributed by atoms with E-state index in [1.807, 2.05) is 12.1 Å². The number of rotatable bonds is 5. The normalized spacial score (nSPS) is 19.8. The molecule has 2 nitrogen and oxygen atoms in total. The minimum absolute atomic E-state index is 0.391. The van der Waals surface area contributed by atoms with Crippen LogP contribution in [0.4, 0.5) is 0 Å². The predicted octanol–water partition coefficient (Wildman–Crippen LogP) is 3.11. The van der Waals surface area contributed by atoms with Crippen LogP contribution in [0.2, 0.25) is 5.02 Å². The molecule has 1 unspecified atom stereocenters. The van der Waals surface area contributed by atoms with Gasteiger partial charge in [0.1, 0.15) is 0 Å². The molecule has 94 valence electrons. The molecule has 0 aliphatic carbocycles. The average molecular weight is 272 g/mol. The zero-order valence-corrected chi connectivity index (χ0v) is 11.4. The van der Waals surface area contributed by atoms with Gasteiger partial charge in [-0.1, -0.05) is 23.7 Å². The van der Waals surface area contributed by atoms with Gasteiger partial charge in [-0.3, -0.25) is 0 Å². The number of halogens is 1. The van der Waals surface area contributed by atoms with Crippen LogP contribution in [0.5, 0.6) is 0 Å². The van der Waals surface area contributed by atoms with E-state index in [1.165, 1.54) is 23.3 Å². The van der Waals surface area contributed by atoms with E-state index in [1.54, 1.807) is 11.8 Å². The molecule has 0 amide bonds. The molecular weight excluding hydrogens is 254 g/mol. The Hall–Kier alpha value is -0.220. The van der Waals surface area contributed by atoms with Crippen molar-refractivity contribution < 1.29 is 4.74 Å². The van der Waals surface area contributed by atoms with Gasteiger partial charge in [-0.15, -0.1) is 11.8 Å². The highest BCUT2D eigenvalue weighted by molar-refractivity contribution is 7.99. The molecule has 1 aromatic rings. The van der Waals surface area contributed by atoms with Crippen LogP contribution in [0.15, 0.2) is 23.1 Å². The highest BCUT2D eigenvalue weighted by Crippen LogP contribution is 2.32. The van der Waals surface area contributed by atoms with E-state index in [4.69, 9.17) is 22.1 Å². The molecule has 1 aromatic carbocycles. The van der Waals surface area contributed by atoms with Gasteiger partial charge in [0.15, 0.2) is 0 Å². The van der Waals surface area contributed by atoms with Gasteiger partial charge in [0.05, 0.1) is 11.1 Å². The second-order valence-electron chi connectivity index (χ2n) is 4.21. The SMILES string of the molecule is NCCc1cccc(Cl)c1SCC1CCCO1. The zero-order chi connectivity index (χ0) is 12.1. The maximum atomic E-state index is 6.25. The molecule has 1 saturated heterocycles. The third-order valence-electron chi connectivity index (χ3n) is 2.90. The van der Waals surface area contributed by atoms with Crippen molar-refractivity contribution in [2.24, 2.45) is 5.73 Å². The lowest BCUT2D eigenvalue weighted by molar-refractivity contribution is 0.129. The number of hydrogen-bond acceptors (Lipinski definition) is 3. The Morgan fingerprint density at radius 1 is 1.47 bits per heavy atom. The first kappa shape index (κ1) is 13.2. The van der Waals surface area contributed by atoms with Crippen LogP contribution in [0.3, 0.4) is 0 Å². The lowest BCUT2D eigenvalue weighted by Gasteiger charge is -2.13. The van der Waals surface area contributed by atoms with E-state index in [-0.39, 0.29) is 0 Å². The van der Waals surface area contributed by atoms with Crippen molar-refractivity contribution >= 4 is 23.4 Å². The number of benzene rings is 1. The number of thioether (sulfide) groups is 1. The maximum absolute atomic E-state index is 6.25. The molecule has 2 rings (SSSR count). The Kier molecular flexibility index (Phi) is 5.16. The second-order valence-corrected chi connectivity index (χ2v) is 5.65. The van der Waals surface area contributed by atoms with E-state index in [2.05, 4.69) is 6.07 Å². The highest BCUT2D eigenvalue weighted by Gasteiger charge is 2.17. The van der Waals surface area contributed by atoms with Gasteiger partial charge in [0.25, 0.3) is 0 Å². The molecule has 0 radical (unpaired) electrons. The Labute approximate surface area is 112 Å². The van der Waals surface area contributed by atoms with Gasteiger partial charge in [0, 0.05) is 17.3 Å². The largest absolute Gasteiger partial charge is 0.377 e. The van der Waals surface area contributed by atoms with E-state index >= 15 is 0 Å². The Morgan fingerprint density at radius 2 is 2.35 bits per heavy atom. The van der Waals surface area contributed by atoms with Gasteiger partial charge in [-0.2, -0.15) is 0 Å². The van der Waals surface area contributed by atoms with Crippen LogP contribution < -0.4 is 5.73 Å². The monoisotopic (exact) mass is 271 g/mol. The van der Waals surface area contributed by atoms with Crippen LogP contribution in [-0.4, -0.2) is 25.0 Å². The van der Waals surface area contributed by atoms with Crippen LogP contribution in [-0.2, 0) is 11.2 Å². The fraction of sp³-hybridized carbons (Fsp3) is 0.538. The smallest absolute Gasteiger partial charge is 0.0669 e. The Morgan fingerprint density at radius 3 is 3.06 bits per heavy atom. The fourth-order valence-corrected chi connectivity index (χ4v) is 3.55. The van der Waals surface area contributed by atoms with E-state index in [0.717, 1.165) is 23.8 Å². The molecule has 0 spiro atoms. The summed E-state index contributed by atoms with van der Waals surface area (Å²) in [6.07, 6.45) is 3.63. The lowest BCUT2D eigenvalue weighted by Crippen LogP contribution is -2.09. The third-order valence-corrected chi connectivity index (χ3v) is 4.64. The molecule has 17 heavy (non-hydrogen) atoms. The Bertz CT molecular complexity index is 366. The molecule has 1 aliphatic heterocycles. The number of hydrogen-bond donors (Lipinski definition) is 1. The van der Waals surface area contributed by atoms with Crippen LogP contribution in [0, 0.1) is 0 Å². The summed E-state index contributed by atoms with van der Waals surface area (Å²) in [6.45, 7) is 1.57. The Balaban J connectivity index is 2.02. The van der Waals surface area contributed by atoms with Crippen molar-refractivity contribution in [1.29, 1.82) is 0 Å². The third kappa shape index (κ3) is 3.62. The summed E-state index contributed by atoms with van der Waals surface area (Å²) in [5.74, 6) is 0.987. The molecule has 0 aromatic heterocycles. The summed E-state index contributed by atoms with van der Waals surface area (Å²) in [4.78, 5) is 1.18. The summed E-state index contributed by atoms with van der Waals surface area (Å²) < 4.78 is 5.63. The molecular formula is C13H18ClNOS. The summed E-state index contributed by atoms with van der Waals surface area (Å²) >= 11 is 8.05. The van der Waals surface area contributed by atoms with Gasteiger partial charge >= 0.3 is 0 Å². The van der Waals surface area contributed by atoms with E-state index in [9.17, 15) is 0 Å². The maximum Gasteiger partial charge on any atom is 0.0669 e. The molecule has 1 atom stereocenters. The first-order valence-electron chi connectivity index (χ1n) is 6.03.